The summed E-state index contributed by atoms with van der Waals surface area (Å²) in [4.78, 5) is 13.0. The first-order valence-electron chi connectivity index (χ1n) is 7.03. The molecule has 0 fully saturated rings. The van der Waals surface area contributed by atoms with Crippen LogP contribution in [0.2, 0.25) is 0 Å². The standard InChI is InChI=1S/C18H17BrO4S/c1-22-16-11-17(23-2)18(24(3)21)10-14(16)15(20)9-6-12-4-7-13(19)8-5-12/h4-11H,1-3H3. The second-order valence-electron chi connectivity index (χ2n) is 4.91. The molecular formula is C18H17BrO4S. The molecule has 2 aromatic carbocycles. The Hall–Kier alpha value is -1.92. The lowest BCUT2D eigenvalue weighted by Crippen LogP contribution is -2.03. The Kier molecular flexibility index (Phi) is 6.34. The van der Waals surface area contributed by atoms with Gasteiger partial charge in [0.05, 0.1) is 35.5 Å². The summed E-state index contributed by atoms with van der Waals surface area (Å²) < 4.78 is 23.3. The Labute approximate surface area is 152 Å². The highest BCUT2D eigenvalue weighted by Crippen LogP contribution is 2.31. The average Bonchev–Trinajstić information content (AvgIpc) is 2.59. The van der Waals surface area contributed by atoms with Gasteiger partial charge < -0.3 is 9.47 Å². The van der Waals surface area contributed by atoms with Crippen molar-refractivity contribution in [1.29, 1.82) is 0 Å². The fourth-order valence-electron chi connectivity index (χ4n) is 2.12. The van der Waals surface area contributed by atoms with Crippen LogP contribution in [-0.4, -0.2) is 30.5 Å². The van der Waals surface area contributed by atoms with E-state index in [9.17, 15) is 9.00 Å². The van der Waals surface area contributed by atoms with E-state index in [2.05, 4.69) is 15.9 Å². The number of carbonyl (C=O) groups excluding carboxylic acids is 1. The summed E-state index contributed by atoms with van der Waals surface area (Å²) in [7, 11) is 1.68. The van der Waals surface area contributed by atoms with Crippen molar-refractivity contribution in [2.45, 2.75) is 4.90 Å². The quantitative estimate of drug-likeness (QED) is 0.533. The van der Waals surface area contributed by atoms with Crippen LogP contribution >= 0.6 is 15.9 Å². The van der Waals surface area contributed by atoms with Crippen LogP contribution in [0.3, 0.4) is 0 Å². The highest BCUT2D eigenvalue weighted by molar-refractivity contribution is 9.10. The number of rotatable bonds is 6. The monoisotopic (exact) mass is 408 g/mol. The smallest absolute Gasteiger partial charge is 0.189 e. The molecule has 0 bridgehead atoms. The van der Waals surface area contributed by atoms with Gasteiger partial charge in [0.15, 0.2) is 5.78 Å². The van der Waals surface area contributed by atoms with Crippen molar-refractivity contribution in [3.8, 4) is 11.5 Å². The van der Waals surface area contributed by atoms with Gasteiger partial charge in [0, 0.05) is 16.8 Å². The molecule has 6 heteroatoms. The highest BCUT2D eigenvalue weighted by Gasteiger charge is 2.17. The molecule has 0 N–H and O–H groups in total. The molecule has 126 valence electrons. The Balaban J connectivity index is 2.38. The molecule has 0 aliphatic rings. The third kappa shape index (κ3) is 4.33. The molecule has 0 aromatic heterocycles. The normalized spacial score (nSPS) is 12.2. The fourth-order valence-corrected chi connectivity index (χ4v) is 3.10. The number of hydrogen-bond donors (Lipinski definition) is 0. The Morgan fingerprint density at radius 3 is 2.25 bits per heavy atom. The van der Waals surface area contributed by atoms with E-state index in [1.54, 1.807) is 18.2 Å². The topological polar surface area (TPSA) is 52.6 Å². The van der Waals surface area contributed by atoms with E-state index < -0.39 is 10.8 Å². The van der Waals surface area contributed by atoms with Crippen molar-refractivity contribution >= 4 is 38.6 Å². The third-order valence-electron chi connectivity index (χ3n) is 3.36. The minimum Gasteiger partial charge on any atom is -0.496 e. The van der Waals surface area contributed by atoms with Crippen molar-refractivity contribution in [2.24, 2.45) is 0 Å². The van der Waals surface area contributed by atoms with E-state index in [0.29, 0.717) is 22.0 Å². The van der Waals surface area contributed by atoms with Crippen LogP contribution in [0.15, 0.2) is 51.8 Å². The highest BCUT2D eigenvalue weighted by atomic mass is 79.9. The van der Waals surface area contributed by atoms with Crippen molar-refractivity contribution in [2.75, 3.05) is 20.5 Å². The minimum atomic E-state index is -1.28. The van der Waals surface area contributed by atoms with Crippen LogP contribution in [0.4, 0.5) is 0 Å². The predicted molar refractivity (Wildman–Crippen MR) is 99.4 cm³/mol. The molecule has 0 aliphatic heterocycles. The van der Waals surface area contributed by atoms with Gasteiger partial charge in [-0.1, -0.05) is 34.1 Å². The lowest BCUT2D eigenvalue weighted by molar-refractivity contribution is 0.104. The largest absolute Gasteiger partial charge is 0.496 e. The number of ether oxygens (including phenoxy) is 2. The molecule has 0 spiro atoms. The van der Waals surface area contributed by atoms with Gasteiger partial charge >= 0.3 is 0 Å². The van der Waals surface area contributed by atoms with E-state index in [1.807, 2.05) is 24.3 Å². The number of benzene rings is 2. The number of allylic oxidation sites excluding steroid dienone is 1. The van der Waals surface area contributed by atoms with Gasteiger partial charge in [0.2, 0.25) is 0 Å². The van der Waals surface area contributed by atoms with Gasteiger partial charge in [-0.2, -0.15) is 0 Å². The number of methoxy groups -OCH3 is 2. The molecule has 2 aromatic rings. The number of ketones is 1. The van der Waals surface area contributed by atoms with Crippen LogP contribution in [0.1, 0.15) is 15.9 Å². The van der Waals surface area contributed by atoms with Gasteiger partial charge in [0.1, 0.15) is 11.5 Å². The summed E-state index contributed by atoms with van der Waals surface area (Å²) in [5.74, 6) is 0.580. The second kappa shape index (κ2) is 8.26. The molecule has 24 heavy (non-hydrogen) atoms. The second-order valence-corrected chi connectivity index (χ2v) is 7.17. The number of hydrogen-bond acceptors (Lipinski definition) is 4. The molecule has 1 atom stereocenters. The molecule has 0 amide bonds. The van der Waals surface area contributed by atoms with E-state index in [-0.39, 0.29) is 5.78 Å². The summed E-state index contributed by atoms with van der Waals surface area (Å²) in [5, 5.41) is 0. The molecule has 0 radical (unpaired) electrons. The third-order valence-corrected chi connectivity index (χ3v) is 4.83. The Bertz CT molecular complexity index is 797. The number of carbonyl (C=O) groups is 1. The van der Waals surface area contributed by atoms with Crippen molar-refractivity contribution in [3.63, 3.8) is 0 Å². The van der Waals surface area contributed by atoms with E-state index >= 15 is 0 Å². The lowest BCUT2D eigenvalue weighted by atomic mass is 10.1. The van der Waals surface area contributed by atoms with Crippen LogP contribution in [0.25, 0.3) is 6.08 Å². The van der Waals surface area contributed by atoms with Crippen LogP contribution < -0.4 is 9.47 Å². The first-order chi connectivity index (χ1) is 11.5. The molecule has 0 saturated heterocycles. The fraction of sp³-hybridized carbons (Fsp3) is 0.167. The molecule has 0 heterocycles. The van der Waals surface area contributed by atoms with Crippen LogP contribution in [0, 0.1) is 0 Å². The van der Waals surface area contributed by atoms with E-state index in [1.165, 1.54) is 26.6 Å². The molecule has 1 unspecified atom stereocenters. The van der Waals surface area contributed by atoms with E-state index in [0.717, 1.165) is 10.0 Å². The molecule has 2 rings (SSSR count). The predicted octanol–water partition coefficient (Wildman–Crippen LogP) is 4.10. The van der Waals surface area contributed by atoms with Crippen LogP contribution in [-0.2, 0) is 10.8 Å². The van der Waals surface area contributed by atoms with Gasteiger partial charge in [0.25, 0.3) is 0 Å². The Morgan fingerprint density at radius 2 is 1.71 bits per heavy atom. The van der Waals surface area contributed by atoms with Gasteiger partial charge in [-0.3, -0.25) is 9.00 Å². The van der Waals surface area contributed by atoms with Gasteiger partial charge in [-0.25, -0.2) is 0 Å². The zero-order chi connectivity index (χ0) is 17.7. The van der Waals surface area contributed by atoms with Crippen LogP contribution in [0.5, 0.6) is 11.5 Å². The number of halogens is 1. The zero-order valence-corrected chi connectivity index (χ0v) is 15.9. The summed E-state index contributed by atoms with van der Waals surface area (Å²) in [6.07, 6.45) is 4.73. The van der Waals surface area contributed by atoms with Crippen molar-refractivity contribution in [3.05, 3.63) is 58.1 Å². The van der Waals surface area contributed by atoms with Crippen molar-refractivity contribution in [1.82, 2.24) is 0 Å². The molecule has 0 saturated carbocycles. The van der Waals surface area contributed by atoms with Gasteiger partial charge in [-0.15, -0.1) is 0 Å². The van der Waals surface area contributed by atoms with Gasteiger partial charge in [-0.05, 0) is 29.8 Å². The first-order valence-corrected chi connectivity index (χ1v) is 9.38. The maximum Gasteiger partial charge on any atom is 0.189 e. The molecule has 0 aliphatic carbocycles. The minimum absolute atomic E-state index is 0.232. The maximum absolute atomic E-state index is 12.5. The summed E-state index contributed by atoms with van der Waals surface area (Å²) in [5.41, 5.74) is 1.25. The summed E-state index contributed by atoms with van der Waals surface area (Å²) >= 11 is 3.37. The lowest BCUT2D eigenvalue weighted by Gasteiger charge is -2.12. The summed E-state index contributed by atoms with van der Waals surface area (Å²) in [6, 6.07) is 10.7. The molecular weight excluding hydrogens is 392 g/mol. The SMILES string of the molecule is COc1cc(OC)c(S(C)=O)cc1C(=O)C=Cc1ccc(Br)cc1. The molecule has 4 nitrogen and oxygen atoms in total. The maximum atomic E-state index is 12.5. The average molecular weight is 409 g/mol. The van der Waals surface area contributed by atoms with E-state index in [4.69, 9.17) is 9.47 Å². The first kappa shape index (κ1) is 18.4. The zero-order valence-electron chi connectivity index (χ0n) is 13.5. The Morgan fingerprint density at radius 1 is 1.08 bits per heavy atom. The van der Waals surface area contributed by atoms with Crippen molar-refractivity contribution < 1.29 is 18.5 Å². The summed E-state index contributed by atoms with van der Waals surface area (Å²) in [6.45, 7) is 0.